The zero-order chi connectivity index (χ0) is 10.6. The maximum Gasteiger partial charge on any atom is 0.312 e. The Morgan fingerprint density at radius 1 is 1.29 bits per heavy atom. The summed E-state index contributed by atoms with van der Waals surface area (Å²) in [6.07, 6.45) is 2.29. The first-order valence-corrected chi connectivity index (χ1v) is 4.79. The highest BCUT2D eigenvalue weighted by Gasteiger charge is 2.24. The van der Waals surface area contributed by atoms with E-state index in [9.17, 15) is 14.7 Å². The van der Waals surface area contributed by atoms with Gasteiger partial charge in [0.15, 0.2) is 0 Å². The lowest BCUT2D eigenvalue weighted by molar-refractivity contribution is -0.141. The van der Waals surface area contributed by atoms with Crippen LogP contribution in [0.3, 0.4) is 0 Å². The SMILES string of the molecule is O=C(O)CC(=O)NC1CCCCC1O. The summed E-state index contributed by atoms with van der Waals surface area (Å²) in [5.74, 6) is -1.67. The quantitative estimate of drug-likeness (QED) is 0.556. The highest BCUT2D eigenvalue weighted by molar-refractivity contribution is 5.93. The van der Waals surface area contributed by atoms with E-state index in [4.69, 9.17) is 5.11 Å². The molecule has 1 amide bonds. The van der Waals surface area contributed by atoms with Crippen LogP contribution in [-0.2, 0) is 9.59 Å². The first kappa shape index (κ1) is 11.0. The Balaban J connectivity index is 2.34. The van der Waals surface area contributed by atoms with Gasteiger partial charge in [-0.3, -0.25) is 9.59 Å². The van der Waals surface area contributed by atoms with Crippen LogP contribution in [0.1, 0.15) is 32.1 Å². The normalized spacial score (nSPS) is 26.9. The zero-order valence-corrected chi connectivity index (χ0v) is 7.90. The van der Waals surface area contributed by atoms with Gasteiger partial charge in [0, 0.05) is 0 Å². The molecule has 0 aromatic rings. The van der Waals surface area contributed by atoms with Crippen molar-refractivity contribution in [2.75, 3.05) is 0 Å². The molecule has 0 heterocycles. The Labute approximate surface area is 82.1 Å². The predicted octanol–water partition coefficient (Wildman–Crippen LogP) is -0.119. The van der Waals surface area contributed by atoms with Crippen molar-refractivity contribution < 1.29 is 19.8 Å². The van der Waals surface area contributed by atoms with E-state index in [1.54, 1.807) is 0 Å². The number of nitrogens with one attached hydrogen (secondary N) is 1. The summed E-state index contributed by atoms with van der Waals surface area (Å²) in [6, 6.07) is -0.268. The van der Waals surface area contributed by atoms with Crippen molar-refractivity contribution in [3.05, 3.63) is 0 Å². The van der Waals surface area contributed by atoms with Crippen molar-refractivity contribution in [3.8, 4) is 0 Å². The molecule has 1 saturated carbocycles. The number of carboxylic acid groups (broad SMARTS) is 1. The molecule has 0 saturated heterocycles. The van der Waals surface area contributed by atoms with Crippen LogP contribution in [0.4, 0.5) is 0 Å². The molecular weight excluding hydrogens is 186 g/mol. The second-order valence-electron chi connectivity index (χ2n) is 3.60. The molecule has 0 spiro atoms. The van der Waals surface area contributed by atoms with Gasteiger partial charge in [-0.05, 0) is 12.8 Å². The maximum absolute atomic E-state index is 11.1. The third kappa shape index (κ3) is 3.33. The van der Waals surface area contributed by atoms with Crippen molar-refractivity contribution in [2.24, 2.45) is 0 Å². The molecule has 5 heteroatoms. The number of amides is 1. The molecular formula is C9H15NO4. The van der Waals surface area contributed by atoms with Gasteiger partial charge >= 0.3 is 5.97 Å². The number of hydrogen-bond donors (Lipinski definition) is 3. The summed E-state index contributed by atoms with van der Waals surface area (Å²) in [5, 5.41) is 20.4. The zero-order valence-electron chi connectivity index (χ0n) is 7.90. The van der Waals surface area contributed by atoms with E-state index in [1.807, 2.05) is 0 Å². The molecule has 1 aliphatic rings. The maximum atomic E-state index is 11.1. The summed E-state index contributed by atoms with van der Waals surface area (Å²) >= 11 is 0. The van der Waals surface area contributed by atoms with Crippen molar-refractivity contribution in [1.82, 2.24) is 5.32 Å². The first-order valence-electron chi connectivity index (χ1n) is 4.79. The third-order valence-electron chi connectivity index (χ3n) is 2.39. The second-order valence-corrected chi connectivity index (χ2v) is 3.60. The highest BCUT2D eigenvalue weighted by Crippen LogP contribution is 2.18. The molecule has 80 valence electrons. The van der Waals surface area contributed by atoms with Gasteiger partial charge in [-0.2, -0.15) is 0 Å². The average molecular weight is 201 g/mol. The molecule has 3 N–H and O–H groups in total. The highest BCUT2D eigenvalue weighted by atomic mass is 16.4. The van der Waals surface area contributed by atoms with Crippen molar-refractivity contribution in [2.45, 2.75) is 44.2 Å². The summed E-state index contributed by atoms with van der Waals surface area (Å²) in [6.45, 7) is 0. The number of carbonyl (C=O) groups is 2. The minimum absolute atomic E-state index is 0.268. The fraction of sp³-hybridized carbons (Fsp3) is 0.778. The smallest absolute Gasteiger partial charge is 0.312 e. The lowest BCUT2D eigenvalue weighted by Crippen LogP contribution is -2.45. The molecule has 5 nitrogen and oxygen atoms in total. The van der Waals surface area contributed by atoms with Crippen LogP contribution in [0.2, 0.25) is 0 Å². The molecule has 0 radical (unpaired) electrons. The van der Waals surface area contributed by atoms with Crippen molar-refractivity contribution in [3.63, 3.8) is 0 Å². The van der Waals surface area contributed by atoms with Crippen LogP contribution in [0.5, 0.6) is 0 Å². The fourth-order valence-electron chi connectivity index (χ4n) is 1.67. The molecule has 14 heavy (non-hydrogen) atoms. The van der Waals surface area contributed by atoms with Gasteiger partial charge in [-0.1, -0.05) is 12.8 Å². The predicted molar refractivity (Wildman–Crippen MR) is 48.7 cm³/mol. The van der Waals surface area contributed by atoms with Crippen LogP contribution in [0.15, 0.2) is 0 Å². The largest absolute Gasteiger partial charge is 0.481 e. The van der Waals surface area contributed by atoms with Gasteiger partial charge in [0.2, 0.25) is 5.91 Å². The lowest BCUT2D eigenvalue weighted by Gasteiger charge is -2.28. The van der Waals surface area contributed by atoms with E-state index in [0.717, 1.165) is 19.3 Å². The van der Waals surface area contributed by atoms with Crippen LogP contribution >= 0.6 is 0 Å². The van der Waals surface area contributed by atoms with Gasteiger partial charge in [-0.25, -0.2) is 0 Å². The number of aliphatic carboxylic acids is 1. The van der Waals surface area contributed by atoms with Gasteiger partial charge < -0.3 is 15.5 Å². The Morgan fingerprint density at radius 2 is 1.93 bits per heavy atom. The lowest BCUT2D eigenvalue weighted by atomic mass is 9.92. The molecule has 0 aromatic heterocycles. The van der Waals surface area contributed by atoms with Gasteiger partial charge in [-0.15, -0.1) is 0 Å². The Hall–Kier alpha value is -1.10. The molecule has 0 aromatic carbocycles. The van der Waals surface area contributed by atoms with Crippen LogP contribution < -0.4 is 5.32 Å². The number of aliphatic hydroxyl groups is 1. The van der Waals surface area contributed by atoms with Crippen LogP contribution in [0, 0.1) is 0 Å². The summed E-state index contributed by atoms with van der Waals surface area (Å²) in [5.41, 5.74) is 0. The van der Waals surface area contributed by atoms with Gasteiger partial charge in [0.25, 0.3) is 0 Å². The Morgan fingerprint density at radius 3 is 2.50 bits per heavy atom. The van der Waals surface area contributed by atoms with E-state index < -0.39 is 24.4 Å². The molecule has 0 bridgehead atoms. The Kier molecular flexibility index (Phi) is 3.88. The van der Waals surface area contributed by atoms with E-state index >= 15 is 0 Å². The standard InChI is InChI=1S/C9H15NO4/c11-7-4-2-1-3-6(7)10-8(12)5-9(13)14/h6-7,11H,1-5H2,(H,10,12)(H,13,14). The van der Waals surface area contributed by atoms with Crippen molar-refractivity contribution in [1.29, 1.82) is 0 Å². The summed E-state index contributed by atoms with van der Waals surface area (Å²) in [4.78, 5) is 21.3. The van der Waals surface area contributed by atoms with E-state index in [1.165, 1.54) is 0 Å². The molecule has 2 atom stereocenters. The number of carbonyl (C=O) groups excluding carboxylic acids is 1. The number of rotatable bonds is 3. The number of aliphatic hydroxyl groups excluding tert-OH is 1. The van der Waals surface area contributed by atoms with Gasteiger partial charge in [0.1, 0.15) is 6.42 Å². The van der Waals surface area contributed by atoms with Crippen LogP contribution in [0.25, 0.3) is 0 Å². The summed E-state index contributed by atoms with van der Waals surface area (Å²) in [7, 11) is 0. The minimum atomic E-state index is -1.15. The number of carboxylic acids is 1. The molecule has 1 fully saturated rings. The summed E-state index contributed by atoms with van der Waals surface area (Å²) < 4.78 is 0. The molecule has 2 unspecified atom stereocenters. The van der Waals surface area contributed by atoms with E-state index in [-0.39, 0.29) is 6.04 Å². The minimum Gasteiger partial charge on any atom is -0.481 e. The second kappa shape index (κ2) is 4.95. The fourth-order valence-corrected chi connectivity index (χ4v) is 1.67. The van der Waals surface area contributed by atoms with Gasteiger partial charge in [0.05, 0.1) is 12.1 Å². The average Bonchev–Trinajstić information content (AvgIpc) is 2.07. The molecule has 1 aliphatic carbocycles. The topological polar surface area (TPSA) is 86.6 Å². The molecule has 0 aliphatic heterocycles. The monoisotopic (exact) mass is 201 g/mol. The van der Waals surface area contributed by atoms with Crippen molar-refractivity contribution >= 4 is 11.9 Å². The third-order valence-corrected chi connectivity index (χ3v) is 2.39. The molecule has 1 rings (SSSR count). The Bertz CT molecular complexity index is 229. The van der Waals surface area contributed by atoms with E-state index in [0.29, 0.717) is 6.42 Å². The van der Waals surface area contributed by atoms with Crippen LogP contribution in [-0.4, -0.2) is 34.2 Å². The number of hydrogen-bond acceptors (Lipinski definition) is 3. The van der Waals surface area contributed by atoms with E-state index in [2.05, 4.69) is 5.32 Å². The first-order chi connectivity index (χ1) is 6.59.